The van der Waals surface area contributed by atoms with Gasteiger partial charge < -0.3 is 15.4 Å². The number of urea groups is 1. The van der Waals surface area contributed by atoms with Crippen molar-refractivity contribution < 1.29 is 17.9 Å². The van der Waals surface area contributed by atoms with Gasteiger partial charge in [-0.1, -0.05) is 15.9 Å². The van der Waals surface area contributed by atoms with E-state index in [1.807, 2.05) is 0 Å². The van der Waals surface area contributed by atoms with Gasteiger partial charge in [0.2, 0.25) is 0 Å². The summed E-state index contributed by atoms with van der Waals surface area (Å²) in [4.78, 5) is 12.0. The fourth-order valence-corrected chi connectivity index (χ4v) is 2.90. The molecule has 2 N–H and O–H groups in total. The van der Waals surface area contributed by atoms with Crippen LogP contribution in [0.15, 0.2) is 51.8 Å². The second-order valence-corrected chi connectivity index (χ2v) is 8.10. The lowest BCUT2D eigenvalue weighted by Crippen LogP contribution is -2.20. The smallest absolute Gasteiger partial charge is 0.323 e. The number of halogens is 2. The van der Waals surface area contributed by atoms with Crippen molar-refractivity contribution in [2.45, 2.75) is 11.8 Å². The molecule has 0 unspecified atom stereocenters. The maximum atomic E-state index is 12.1. The minimum Gasteiger partial charge on any atom is -0.492 e. The average molecular weight is 434 g/mol. The molecule has 0 aliphatic carbocycles. The third kappa shape index (κ3) is 5.12. The number of carbonyl (C=O) groups is 1. The number of rotatable bonds is 5. The fraction of sp³-hybridized carbons (Fsp3) is 0.133. The molecule has 0 aromatic heterocycles. The Morgan fingerprint density at radius 2 is 1.83 bits per heavy atom. The molecule has 0 atom stereocenters. The van der Waals surface area contributed by atoms with Crippen LogP contribution in [0.2, 0.25) is 0 Å². The van der Waals surface area contributed by atoms with Gasteiger partial charge in [0.05, 0.1) is 17.2 Å². The van der Waals surface area contributed by atoms with Crippen molar-refractivity contribution >= 4 is 53.1 Å². The zero-order valence-electron chi connectivity index (χ0n) is 12.5. The molecule has 6 nitrogen and oxygen atoms in total. The Hall–Kier alpha value is -1.77. The summed E-state index contributed by atoms with van der Waals surface area (Å²) >= 11 is 3.30. The lowest BCUT2D eigenvalue weighted by molar-refractivity contribution is 0.262. The van der Waals surface area contributed by atoms with Gasteiger partial charge in [0.25, 0.3) is 9.05 Å². The van der Waals surface area contributed by atoms with Crippen LogP contribution in [-0.4, -0.2) is 21.1 Å². The minimum atomic E-state index is -3.92. The van der Waals surface area contributed by atoms with E-state index in [4.69, 9.17) is 15.4 Å². The van der Waals surface area contributed by atoms with Crippen molar-refractivity contribution in [3.05, 3.63) is 46.9 Å². The number of anilines is 2. The molecule has 0 heterocycles. The molecule has 0 aliphatic rings. The molecular formula is C15H14BrClN2O4S. The highest BCUT2D eigenvalue weighted by Crippen LogP contribution is 2.29. The van der Waals surface area contributed by atoms with Crippen LogP contribution >= 0.6 is 26.6 Å². The molecule has 24 heavy (non-hydrogen) atoms. The van der Waals surface area contributed by atoms with E-state index < -0.39 is 15.1 Å². The second-order valence-electron chi connectivity index (χ2n) is 4.61. The first kappa shape index (κ1) is 18.6. The highest BCUT2D eigenvalue weighted by atomic mass is 79.9. The molecule has 0 bridgehead atoms. The van der Waals surface area contributed by atoms with Crippen LogP contribution in [0.1, 0.15) is 6.92 Å². The Bertz CT molecular complexity index is 841. The third-order valence-electron chi connectivity index (χ3n) is 2.88. The Labute approximate surface area is 152 Å². The molecular weight excluding hydrogens is 420 g/mol. The van der Waals surface area contributed by atoms with Gasteiger partial charge in [-0.3, -0.25) is 0 Å². The highest BCUT2D eigenvalue weighted by Gasteiger charge is 2.15. The molecule has 2 amide bonds. The van der Waals surface area contributed by atoms with E-state index in [1.54, 1.807) is 31.2 Å². The number of hydrogen-bond acceptors (Lipinski definition) is 4. The van der Waals surface area contributed by atoms with E-state index in [2.05, 4.69) is 26.6 Å². The predicted molar refractivity (Wildman–Crippen MR) is 97.4 cm³/mol. The maximum Gasteiger partial charge on any atom is 0.323 e. The molecule has 128 valence electrons. The van der Waals surface area contributed by atoms with Gasteiger partial charge in [0.1, 0.15) is 5.75 Å². The normalized spacial score (nSPS) is 11.0. The van der Waals surface area contributed by atoms with Crippen molar-refractivity contribution in [3.63, 3.8) is 0 Å². The van der Waals surface area contributed by atoms with E-state index in [0.29, 0.717) is 18.0 Å². The third-order valence-corrected chi connectivity index (χ3v) is 4.76. The zero-order valence-corrected chi connectivity index (χ0v) is 15.7. The number of carbonyl (C=O) groups excluding carboxylic acids is 1. The molecule has 2 aromatic rings. The van der Waals surface area contributed by atoms with Crippen molar-refractivity contribution in [3.8, 4) is 5.75 Å². The van der Waals surface area contributed by atoms with Gasteiger partial charge in [-0.15, -0.1) is 0 Å². The summed E-state index contributed by atoms with van der Waals surface area (Å²) < 4.78 is 29.2. The Balaban J connectivity index is 2.22. The molecule has 0 fully saturated rings. The lowest BCUT2D eigenvalue weighted by atomic mass is 10.3. The monoisotopic (exact) mass is 432 g/mol. The lowest BCUT2D eigenvalue weighted by Gasteiger charge is -2.13. The number of ether oxygens (including phenoxy) is 1. The zero-order chi connectivity index (χ0) is 17.7. The molecule has 0 radical (unpaired) electrons. The highest BCUT2D eigenvalue weighted by molar-refractivity contribution is 9.10. The van der Waals surface area contributed by atoms with E-state index in [0.717, 1.165) is 4.47 Å². The van der Waals surface area contributed by atoms with Crippen LogP contribution in [0.4, 0.5) is 16.2 Å². The Morgan fingerprint density at radius 1 is 1.17 bits per heavy atom. The molecule has 9 heteroatoms. The van der Waals surface area contributed by atoms with Crippen LogP contribution in [0.25, 0.3) is 0 Å². The van der Waals surface area contributed by atoms with Crippen molar-refractivity contribution in [2.24, 2.45) is 0 Å². The topological polar surface area (TPSA) is 84.5 Å². The molecule has 2 aromatic carbocycles. The van der Waals surface area contributed by atoms with Crippen molar-refractivity contribution in [2.75, 3.05) is 17.2 Å². The minimum absolute atomic E-state index is 0.133. The number of nitrogens with one attached hydrogen (secondary N) is 2. The Kier molecular flexibility index (Phi) is 6.09. The van der Waals surface area contributed by atoms with Gasteiger partial charge in [0, 0.05) is 20.8 Å². The average Bonchev–Trinajstić information content (AvgIpc) is 2.50. The van der Waals surface area contributed by atoms with Crippen LogP contribution in [0.5, 0.6) is 5.75 Å². The second kappa shape index (κ2) is 7.87. The maximum absolute atomic E-state index is 12.1. The number of benzene rings is 2. The van der Waals surface area contributed by atoms with E-state index >= 15 is 0 Å². The van der Waals surface area contributed by atoms with Crippen molar-refractivity contribution in [1.29, 1.82) is 0 Å². The standard InChI is InChI=1S/C15H14BrClN2O4S/c1-2-23-14-8-7-12(24(17,21)22)9-13(14)19-15(20)18-11-5-3-10(16)4-6-11/h3-9H,2H2,1H3,(H2,18,19,20). The molecule has 0 saturated heterocycles. The first-order valence-electron chi connectivity index (χ1n) is 6.84. The number of amides is 2. The summed E-state index contributed by atoms with van der Waals surface area (Å²) in [6.07, 6.45) is 0. The molecule has 0 saturated carbocycles. The van der Waals surface area contributed by atoms with Crippen LogP contribution < -0.4 is 15.4 Å². The molecule has 0 aliphatic heterocycles. The Morgan fingerprint density at radius 3 is 2.42 bits per heavy atom. The predicted octanol–water partition coefficient (Wildman–Crippen LogP) is 4.42. The summed E-state index contributed by atoms with van der Waals surface area (Å²) in [5, 5.41) is 5.20. The van der Waals surface area contributed by atoms with Gasteiger partial charge >= 0.3 is 6.03 Å². The summed E-state index contributed by atoms with van der Waals surface area (Å²) in [5.41, 5.74) is 0.781. The van der Waals surface area contributed by atoms with Gasteiger partial charge in [-0.2, -0.15) is 0 Å². The van der Waals surface area contributed by atoms with Crippen LogP contribution in [-0.2, 0) is 9.05 Å². The number of hydrogen-bond donors (Lipinski definition) is 2. The first-order valence-corrected chi connectivity index (χ1v) is 9.95. The molecule has 2 rings (SSSR count). The van der Waals surface area contributed by atoms with Gasteiger partial charge in [0.15, 0.2) is 0 Å². The quantitative estimate of drug-likeness (QED) is 0.684. The SMILES string of the molecule is CCOc1ccc(S(=O)(=O)Cl)cc1NC(=O)Nc1ccc(Br)cc1. The van der Waals surface area contributed by atoms with Crippen molar-refractivity contribution in [1.82, 2.24) is 0 Å². The van der Waals surface area contributed by atoms with Gasteiger partial charge in [-0.05, 0) is 49.4 Å². The summed E-state index contributed by atoms with van der Waals surface area (Å²) in [6.45, 7) is 2.13. The van der Waals surface area contributed by atoms with E-state index in [9.17, 15) is 13.2 Å². The van der Waals surface area contributed by atoms with E-state index in [1.165, 1.54) is 18.2 Å². The van der Waals surface area contributed by atoms with Crippen LogP contribution in [0.3, 0.4) is 0 Å². The van der Waals surface area contributed by atoms with Crippen LogP contribution in [0, 0.1) is 0 Å². The van der Waals surface area contributed by atoms with E-state index in [-0.39, 0.29) is 10.6 Å². The van der Waals surface area contributed by atoms with Gasteiger partial charge in [-0.25, -0.2) is 13.2 Å². The summed E-state index contributed by atoms with van der Waals surface area (Å²) in [7, 11) is 1.42. The first-order chi connectivity index (χ1) is 11.3. The summed E-state index contributed by atoms with van der Waals surface area (Å²) in [6, 6.07) is 10.4. The molecule has 0 spiro atoms. The summed E-state index contributed by atoms with van der Waals surface area (Å²) in [5.74, 6) is 0.340. The fourth-order valence-electron chi connectivity index (χ4n) is 1.86. The largest absolute Gasteiger partial charge is 0.492 e.